The summed E-state index contributed by atoms with van der Waals surface area (Å²) in [6.07, 6.45) is 2.94. The number of benzene rings is 1. The van der Waals surface area contributed by atoms with E-state index in [-0.39, 0.29) is 17.7 Å². The van der Waals surface area contributed by atoms with Gasteiger partial charge < -0.3 is 10.4 Å². The highest BCUT2D eigenvalue weighted by Crippen LogP contribution is 2.48. The lowest BCUT2D eigenvalue weighted by Gasteiger charge is -2.14. The molecule has 1 aromatic carbocycles. The number of amides is 1. The number of rotatable bonds is 7. The molecule has 21 heavy (non-hydrogen) atoms. The number of unbranched alkanes of at least 4 members (excludes halogenated alkanes) is 1. The zero-order valence-corrected chi connectivity index (χ0v) is 12.8. The van der Waals surface area contributed by atoms with Gasteiger partial charge in [-0.05, 0) is 36.5 Å². The Kier molecular flexibility index (Phi) is 5.23. The fraction of sp³-hybridized carbons (Fsp3) is 0.500. The Labute approximate surface area is 129 Å². The van der Waals surface area contributed by atoms with Gasteiger partial charge in [-0.15, -0.1) is 0 Å². The molecule has 1 saturated carbocycles. The summed E-state index contributed by atoms with van der Waals surface area (Å²) in [4.78, 5) is 23.3. The topological polar surface area (TPSA) is 66.4 Å². The summed E-state index contributed by atoms with van der Waals surface area (Å²) < 4.78 is 0. The van der Waals surface area contributed by atoms with Crippen molar-refractivity contribution in [2.45, 2.75) is 44.6 Å². The van der Waals surface area contributed by atoms with Gasteiger partial charge >= 0.3 is 5.97 Å². The standard InChI is InChI=1S/C16H20ClNO3/c1-2-3-7-14(16(20)21)18-15(19)13-9-12(13)10-5-4-6-11(17)8-10/h4-6,8,12-14H,2-3,7,9H2,1H3,(H,18,19)(H,20,21). The van der Waals surface area contributed by atoms with E-state index >= 15 is 0 Å². The van der Waals surface area contributed by atoms with E-state index in [2.05, 4.69) is 5.32 Å². The SMILES string of the molecule is CCCCC(NC(=O)C1CC1c1cccc(Cl)c1)C(=O)O. The minimum atomic E-state index is -0.961. The van der Waals surface area contributed by atoms with E-state index in [9.17, 15) is 9.59 Å². The summed E-state index contributed by atoms with van der Waals surface area (Å²) in [6.45, 7) is 2.00. The summed E-state index contributed by atoms with van der Waals surface area (Å²) >= 11 is 5.95. The van der Waals surface area contributed by atoms with E-state index in [0.29, 0.717) is 11.4 Å². The highest BCUT2D eigenvalue weighted by molar-refractivity contribution is 6.30. The van der Waals surface area contributed by atoms with Crippen molar-refractivity contribution in [3.63, 3.8) is 0 Å². The Morgan fingerprint density at radius 2 is 2.24 bits per heavy atom. The lowest BCUT2D eigenvalue weighted by Crippen LogP contribution is -2.41. The van der Waals surface area contributed by atoms with Crippen molar-refractivity contribution in [1.82, 2.24) is 5.32 Å². The molecule has 4 nitrogen and oxygen atoms in total. The molecule has 0 heterocycles. The summed E-state index contributed by atoms with van der Waals surface area (Å²) in [7, 11) is 0. The average Bonchev–Trinajstić information content (AvgIpc) is 3.23. The average molecular weight is 310 g/mol. The van der Waals surface area contributed by atoms with Gasteiger partial charge in [0.1, 0.15) is 6.04 Å². The second kappa shape index (κ2) is 6.94. The van der Waals surface area contributed by atoms with E-state index in [1.807, 2.05) is 25.1 Å². The van der Waals surface area contributed by atoms with Crippen LogP contribution in [0.3, 0.4) is 0 Å². The lowest BCUT2D eigenvalue weighted by atomic mass is 10.1. The summed E-state index contributed by atoms with van der Waals surface area (Å²) in [5.41, 5.74) is 1.04. The van der Waals surface area contributed by atoms with Crippen molar-refractivity contribution in [3.05, 3.63) is 34.9 Å². The summed E-state index contributed by atoms with van der Waals surface area (Å²) in [6, 6.07) is 6.71. The lowest BCUT2D eigenvalue weighted by molar-refractivity contribution is -0.142. The molecule has 0 aromatic heterocycles. The monoisotopic (exact) mass is 309 g/mol. The Bertz CT molecular complexity index is 532. The van der Waals surface area contributed by atoms with Crippen LogP contribution < -0.4 is 5.32 Å². The highest BCUT2D eigenvalue weighted by Gasteiger charge is 2.44. The first-order valence-electron chi connectivity index (χ1n) is 7.31. The molecule has 0 saturated heterocycles. The fourth-order valence-electron chi connectivity index (χ4n) is 2.53. The Balaban J connectivity index is 1.91. The molecule has 0 spiro atoms. The molecule has 114 valence electrons. The smallest absolute Gasteiger partial charge is 0.326 e. The van der Waals surface area contributed by atoms with Gasteiger partial charge in [-0.25, -0.2) is 4.79 Å². The number of carboxylic acids is 1. The van der Waals surface area contributed by atoms with Crippen LogP contribution in [-0.2, 0) is 9.59 Å². The van der Waals surface area contributed by atoms with E-state index in [1.54, 1.807) is 6.07 Å². The summed E-state index contributed by atoms with van der Waals surface area (Å²) in [5, 5.41) is 12.5. The molecule has 2 N–H and O–H groups in total. The van der Waals surface area contributed by atoms with Crippen LogP contribution in [0.25, 0.3) is 0 Å². The van der Waals surface area contributed by atoms with Gasteiger partial charge in [-0.2, -0.15) is 0 Å². The van der Waals surface area contributed by atoms with Gasteiger partial charge in [0.25, 0.3) is 0 Å². The molecule has 0 radical (unpaired) electrons. The maximum atomic E-state index is 12.1. The van der Waals surface area contributed by atoms with Crippen LogP contribution in [0.1, 0.15) is 44.1 Å². The molecule has 1 fully saturated rings. The van der Waals surface area contributed by atoms with Gasteiger partial charge in [-0.1, -0.05) is 43.5 Å². The van der Waals surface area contributed by atoms with Crippen LogP contribution in [-0.4, -0.2) is 23.0 Å². The highest BCUT2D eigenvalue weighted by atomic mass is 35.5. The predicted octanol–water partition coefficient (Wildman–Crippen LogP) is 3.20. The molecule has 1 aliphatic rings. The van der Waals surface area contributed by atoms with Crippen LogP contribution in [0.15, 0.2) is 24.3 Å². The minimum absolute atomic E-state index is 0.132. The zero-order valence-electron chi connectivity index (χ0n) is 12.0. The number of carboxylic acid groups (broad SMARTS) is 1. The minimum Gasteiger partial charge on any atom is -0.480 e. The van der Waals surface area contributed by atoms with Crippen LogP contribution >= 0.6 is 11.6 Å². The maximum Gasteiger partial charge on any atom is 0.326 e. The Hall–Kier alpha value is -1.55. The predicted molar refractivity (Wildman–Crippen MR) is 81.4 cm³/mol. The molecular formula is C16H20ClNO3. The second-order valence-corrected chi connectivity index (χ2v) is 5.98. The van der Waals surface area contributed by atoms with Gasteiger partial charge in [-0.3, -0.25) is 4.79 Å². The van der Waals surface area contributed by atoms with Gasteiger partial charge in [0.2, 0.25) is 5.91 Å². The molecule has 2 rings (SSSR count). The van der Waals surface area contributed by atoms with Crippen LogP contribution in [0, 0.1) is 5.92 Å². The third-order valence-electron chi connectivity index (χ3n) is 3.86. The van der Waals surface area contributed by atoms with Gasteiger partial charge in [0.05, 0.1) is 0 Å². The van der Waals surface area contributed by atoms with Crippen molar-refractivity contribution < 1.29 is 14.7 Å². The van der Waals surface area contributed by atoms with Crippen molar-refractivity contribution in [3.8, 4) is 0 Å². The largest absolute Gasteiger partial charge is 0.480 e. The van der Waals surface area contributed by atoms with Crippen molar-refractivity contribution in [2.75, 3.05) is 0 Å². The number of hydrogen-bond acceptors (Lipinski definition) is 2. The first kappa shape index (κ1) is 15.8. The van der Waals surface area contributed by atoms with Crippen LogP contribution in [0.2, 0.25) is 5.02 Å². The maximum absolute atomic E-state index is 12.1. The van der Waals surface area contributed by atoms with Crippen LogP contribution in [0.4, 0.5) is 0 Å². The number of hydrogen-bond donors (Lipinski definition) is 2. The number of carbonyl (C=O) groups is 2. The first-order valence-corrected chi connectivity index (χ1v) is 7.69. The first-order chi connectivity index (χ1) is 10.0. The van der Waals surface area contributed by atoms with Crippen molar-refractivity contribution in [2.24, 2.45) is 5.92 Å². The molecule has 3 atom stereocenters. The van der Waals surface area contributed by atoms with Crippen molar-refractivity contribution in [1.29, 1.82) is 0 Å². The van der Waals surface area contributed by atoms with Crippen molar-refractivity contribution >= 4 is 23.5 Å². The molecular weight excluding hydrogens is 290 g/mol. The Morgan fingerprint density at radius 3 is 2.86 bits per heavy atom. The van der Waals surface area contributed by atoms with E-state index in [4.69, 9.17) is 16.7 Å². The molecule has 3 unspecified atom stereocenters. The zero-order chi connectivity index (χ0) is 15.4. The quantitative estimate of drug-likeness (QED) is 0.813. The number of halogens is 1. The number of nitrogens with one attached hydrogen (secondary N) is 1. The molecule has 0 bridgehead atoms. The molecule has 1 aromatic rings. The molecule has 1 aliphatic carbocycles. The van der Waals surface area contributed by atoms with E-state index in [1.165, 1.54) is 0 Å². The Morgan fingerprint density at radius 1 is 1.48 bits per heavy atom. The van der Waals surface area contributed by atoms with Gasteiger partial charge in [0.15, 0.2) is 0 Å². The third kappa shape index (κ3) is 4.21. The van der Waals surface area contributed by atoms with E-state index < -0.39 is 12.0 Å². The molecule has 1 amide bonds. The molecule has 0 aliphatic heterocycles. The third-order valence-corrected chi connectivity index (χ3v) is 4.10. The van der Waals surface area contributed by atoms with Gasteiger partial charge in [0, 0.05) is 10.9 Å². The number of aliphatic carboxylic acids is 1. The second-order valence-electron chi connectivity index (χ2n) is 5.55. The molecule has 5 heteroatoms. The van der Waals surface area contributed by atoms with E-state index in [0.717, 1.165) is 24.8 Å². The normalized spacial score (nSPS) is 21.6. The fourth-order valence-corrected chi connectivity index (χ4v) is 2.73. The number of carbonyl (C=O) groups excluding carboxylic acids is 1. The summed E-state index contributed by atoms with van der Waals surface area (Å²) in [5.74, 6) is -1.10. The van der Waals surface area contributed by atoms with Crippen LogP contribution in [0.5, 0.6) is 0 Å².